The third kappa shape index (κ3) is 2.19. The molecule has 2 heterocycles. The maximum Gasteiger partial charge on any atom is 0.316 e. The van der Waals surface area contributed by atoms with E-state index in [4.69, 9.17) is 0 Å². The summed E-state index contributed by atoms with van der Waals surface area (Å²) < 4.78 is 4.56. The van der Waals surface area contributed by atoms with Crippen LogP contribution < -0.4 is 0 Å². The summed E-state index contributed by atoms with van der Waals surface area (Å²) in [6.07, 6.45) is 1.68. The van der Waals surface area contributed by atoms with Gasteiger partial charge >= 0.3 is 5.97 Å². The topological polar surface area (TPSA) is 56.3 Å². The van der Waals surface area contributed by atoms with E-state index in [0.29, 0.717) is 4.88 Å². The highest BCUT2D eigenvalue weighted by atomic mass is 32.1. The van der Waals surface area contributed by atoms with E-state index >= 15 is 0 Å². The Morgan fingerprint density at radius 1 is 1.47 bits per heavy atom. The third-order valence-corrected chi connectivity index (χ3v) is 3.56. The number of hydrogen-bond donors (Lipinski definition) is 0. The molecule has 0 fully saturated rings. The number of hydrogen-bond acceptors (Lipinski definition) is 5. The zero-order valence-corrected chi connectivity index (χ0v) is 10.3. The molecule has 5 heteroatoms. The molecule has 0 aromatic carbocycles. The summed E-state index contributed by atoms with van der Waals surface area (Å²) in [6, 6.07) is 5.46. The molecule has 0 bridgehead atoms. The molecular formula is C12H11NO3S. The van der Waals surface area contributed by atoms with Crippen molar-refractivity contribution < 1.29 is 14.3 Å². The zero-order valence-electron chi connectivity index (χ0n) is 9.47. The number of nitrogens with zero attached hydrogens (tertiary/aromatic N) is 1. The van der Waals surface area contributed by atoms with Gasteiger partial charge in [0.2, 0.25) is 0 Å². The molecule has 2 aromatic heterocycles. The van der Waals surface area contributed by atoms with Crippen molar-refractivity contribution in [1.82, 2.24) is 4.98 Å². The van der Waals surface area contributed by atoms with Crippen LogP contribution in [0, 0.1) is 5.92 Å². The van der Waals surface area contributed by atoms with Gasteiger partial charge in [-0.25, -0.2) is 4.98 Å². The molecule has 2 rings (SSSR count). The molecule has 0 aliphatic heterocycles. The lowest BCUT2D eigenvalue weighted by atomic mass is 10.1. The first-order valence-corrected chi connectivity index (χ1v) is 5.91. The number of thiophene rings is 1. The second kappa shape index (κ2) is 4.63. The van der Waals surface area contributed by atoms with Gasteiger partial charge in [-0.15, -0.1) is 11.3 Å². The Balaban J connectivity index is 2.33. The number of esters is 1. The lowest BCUT2D eigenvalue weighted by Gasteiger charge is -2.05. The van der Waals surface area contributed by atoms with E-state index in [1.807, 2.05) is 12.1 Å². The molecule has 4 nitrogen and oxygen atoms in total. The second-order valence-electron chi connectivity index (χ2n) is 3.62. The number of ketones is 1. The van der Waals surface area contributed by atoms with Crippen molar-refractivity contribution in [3.63, 3.8) is 0 Å². The number of pyridine rings is 1. The maximum atomic E-state index is 12.0. The number of Topliss-reactive ketones (excluding diaryl/α,β-unsaturated/α-hetero) is 1. The minimum atomic E-state index is -0.770. The summed E-state index contributed by atoms with van der Waals surface area (Å²) in [5.74, 6) is -1.51. The first-order valence-electron chi connectivity index (χ1n) is 5.10. The molecule has 0 N–H and O–H groups in total. The molecule has 0 radical (unpaired) electrons. The Morgan fingerprint density at radius 3 is 2.88 bits per heavy atom. The summed E-state index contributed by atoms with van der Waals surface area (Å²) in [5, 5.41) is 0.915. The van der Waals surface area contributed by atoms with Gasteiger partial charge in [-0.05, 0) is 19.1 Å². The van der Waals surface area contributed by atoms with Gasteiger partial charge in [-0.2, -0.15) is 0 Å². The van der Waals surface area contributed by atoms with E-state index in [1.54, 1.807) is 19.2 Å². The fourth-order valence-corrected chi connectivity index (χ4v) is 2.52. The molecule has 0 aliphatic carbocycles. The van der Waals surface area contributed by atoms with E-state index in [2.05, 4.69) is 9.72 Å². The van der Waals surface area contributed by atoms with Crippen LogP contribution in [0.1, 0.15) is 16.6 Å². The van der Waals surface area contributed by atoms with Crippen molar-refractivity contribution in [3.05, 3.63) is 29.3 Å². The summed E-state index contributed by atoms with van der Waals surface area (Å²) >= 11 is 1.29. The van der Waals surface area contributed by atoms with Gasteiger partial charge in [0.15, 0.2) is 5.78 Å². The molecule has 88 valence electrons. The van der Waals surface area contributed by atoms with Crippen LogP contribution in [0.15, 0.2) is 24.4 Å². The number of methoxy groups -OCH3 is 1. The molecule has 0 spiro atoms. The predicted octanol–water partition coefficient (Wildman–Crippen LogP) is 2.29. The lowest BCUT2D eigenvalue weighted by Crippen LogP contribution is -2.21. The fraction of sp³-hybridized carbons (Fsp3) is 0.250. The first kappa shape index (κ1) is 11.7. The average Bonchev–Trinajstić information content (AvgIpc) is 2.79. The van der Waals surface area contributed by atoms with Crippen LogP contribution in [-0.2, 0) is 9.53 Å². The van der Waals surface area contributed by atoms with Crippen molar-refractivity contribution >= 4 is 33.3 Å². The predicted molar refractivity (Wildman–Crippen MR) is 65.1 cm³/mol. The van der Waals surface area contributed by atoms with Crippen LogP contribution in [0.2, 0.25) is 0 Å². The van der Waals surface area contributed by atoms with E-state index in [0.717, 1.165) is 10.2 Å². The van der Waals surface area contributed by atoms with Gasteiger partial charge in [0.25, 0.3) is 0 Å². The monoisotopic (exact) mass is 249 g/mol. The van der Waals surface area contributed by atoms with Crippen LogP contribution in [0.3, 0.4) is 0 Å². The van der Waals surface area contributed by atoms with Gasteiger partial charge in [0.1, 0.15) is 10.7 Å². The molecule has 17 heavy (non-hydrogen) atoms. The standard InChI is InChI=1S/C12H11NO3S/c1-7(12(15)16-2)10(14)9-6-8-4-3-5-13-11(8)17-9/h3-7H,1-2H3. The molecule has 0 amide bonds. The smallest absolute Gasteiger partial charge is 0.316 e. The summed E-state index contributed by atoms with van der Waals surface area (Å²) in [5.41, 5.74) is 0. The van der Waals surface area contributed by atoms with E-state index in [1.165, 1.54) is 18.4 Å². The number of aromatic nitrogens is 1. The highest BCUT2D eigenvalue weighted by Gasteiger charge is 2.25. The van der Waals surface area contributed by atoms with Gasteiger partial charge in [-0.3, -0.25) is 9.59 Å². The lowest BCUT2D eigenvalue weighted by molar-refractivity contribution is -0.143. The Labute approximate surface area is 102 Å². The quantitative estimate of drug-likeness (QED) is 0.476. The maximum absolute atomic E-state index is 12.0. The Bertz CT molecular complexity index is 543. The Hall–Kier alpha value is -1.75. The zero-order chi connectivity index (χ0) is 12.4. The van der Waals surface area contributed by atoms with Crippen LogP contribution in [-0.4, -0.2) is 23.8 Å². The Morgan fingerprint density at radius 2 is 2.24 bits per heavy atom. The number of ether oxygens (including phenoxy) is 1. The number of carbonyl (C=O) groups is 2. The molecule has 1 atom stereocenters. The van der Waals surface area contributed by atoms with Crippen LogP contribution in [0.5, 0.6) is 0 Å². The summed E-state index contributed by atoms with van der Waals surface area (Å²) in [4.78, 5) is 28.8. The van der Waals surface area contributed by atoms with Crippen LogP contribution >= 0.6 is 11.3 Å². The van der Waals surface area contributed by atoms with E-state index < -0.39 is 11.9 Å². The van der Waals surface area contributed by atoms with Crippen LogP contribution in [0.25, 0.3) is 10.2 Å². The minimum Gasteiger partial charge on any atom is -0.468 e. The normalized spacial score (nSPS) is 12.4. The van der Waals surface area contributed by atoms with Crippen molar-refractivity contribution in [3.8, 4) is 0 Å². The molecule has 0 aliphatic rings. The fourth-order valence-electron chi connectivity index (χ4n) is 1.49. The van der Waals surface area contributed by atoms with Gasteiger partial charge in [0, 0.05) is 11.6 Å². The molecular weight excluding hydrogens is 238 g/mol. The number of rotatable bonds is 3. The van der Waals surface area contributed by atoms with E-state index in [9.17, 15) is 9.59 Å². The second-order valence-corrected chi connectivity index (χ2v) is 4.65. The highest BCUT2D eigenvalue weighted by molar-refractivity contribution is 7.20. The van der Waals surface area contributed by atoms with Crippen molar-refractivity contribution in [1.29, 1.82) is 0 Å². The largest absolute Gasteiger partial charge is 0.468 e. The van der Waals surface area contributed by atoms with Gasteiger partial charge < -0.3 is 4.74 Å². The molecule has 1 unspecified atom stereocenters. The minimum absolute atomic E-state index is 0.222. The first-order chi connectivity index (χ1) is 8.13. The van der Waals surface area contributed by atoms with Gasteiger partial charge in [-0.1, -0.05) is 6.07 Å². The van der Waals surface area contributed by atoms with Gasteiger partial charge in [0.05, 0.1) is 12.0 Å². The number of carbonyl (C=O) groups excluding carboxylic acids is 2. The summed E-state index contributed by atoms with van der Waals surface area (Å²) in [7, 11) is 1.28. The van der Waals surface area contributed by atoms with Crippen molar-refractivity contribution in [2.45, 2.75) is 6.92 Å². The van der Waals surface area contributed by atoms with Crippen molar-refractivity contribution in [2.24, 2.45) is 5.92 Å². The van der Waals surface area contributed by atoms with E-state index in [-0.39, 0.29) is 5.78 Å². The summed E-state index contributed by atoms with van der Waals surface area (Å²) in [6.45, 7) is 1.55. The molecule has 0 saturated carbocycles. The average molecular weight is 249 g/mol. The Kier molecular flexibility index (Phi) is 3.19. The molecule has 2 aromatic rings. The number of fused-ring (bicyclic) bond motifs is 1. The third-order valence-electron chi connectivity index (χ3n) is 2.48. The SMILES string of the molecule is COC(=O)C(C)C(=O)c1cc2cccnc2s1. The van der Waals surface area contributed by atoms with Crippen LogP contribution in [0.4, 0.5) is 0 Å². The van der Waals surface area contributed by atoms with Crippen molar-refractivity contribution in [2.75, 3.05) is 7.11 Å². The highest BCUT2D eigenvalue weighted by Crippen LogP contribution is 2.25. The molecule has 0 saturated heterocycles.